The predicted octanol–water partition coefficient (Wildman–Crippen LogP) is 8.64. The van der Waals surface area contributed by atoms with E-state index in [9.17, 15) is 4.79 Å². The van der Waals surface area contributed by atoms with Gasteiger partial charge in [-0.15, -0.1) is 0 Å². The largest absolute Gasteiger partial charge is 0.337 e. The van der Waals surface area contributed by atoms with E-state index in [1.54, 1.807) is 18.1 Å². The fourth-order valence-corrected chi connectivity index (χ4v) is 6.71. The van der Waals surface area contributed by atoms with Crippen molar-refractivity contribution >= 4 is 29.2 Å². The van der Waals surface area contributed by atoms with Crippen molar-refractivity contribution in [3.05, 3.63) is 113 Å². The zero-order valence-electron chi connectivity index (χ0n) is 25.1. The molecule has 1 aliphatic carbocycles. The predicted molar refractivity (Wildman–Crippen MR) is 172 cm³/mol. The van der Waals surface area contributed by atoms with Crippen LogP contribution in [-0.4, -0.2) is 15.5 Å². The Bertz CT molecular complexity index is 1510. The summed E-state index contributed by atoms with van der Waals surface area (Å²) in [6.45, 7) is 11.5. The third-order valence-electron chi connectivity index (χ3n) is 8.44. The number of aryl methyl sites for hydroxylation is 3. The molecule has 1 aliphatic rings. The minimum absolute atomic E-state index is 0.0860. The summed E-state index contributed by atoms with van der Waals surface area (Å²) in [5.41, 5.74) is 8.48. The lowest BCUT2D eigenvalue weighted by Gasteiger charge is -2.38. The first-order chi connectivity index (χ1) is 19.6. The number of hydrogen-bond acceptors (Lipinski definition) is 4. The van der Waals surface area contributed by atoms with Crippen LogP contribution in [0.25, 0.3) is 0 Å². The molecule has 3 aromatic carbocycles. The number of hydrogen-bond donors (Lipinski definition) is 1. The standard InChI is InChI=1S/C35H42N4OS/c1-24-10-12-27(13-11-24)26(3)21-34(40)39(23-33-36-18-19-38(33)6)29-14-15-31-30(22-29)32(16-17-35(31,4)5)41-37-28-9-7-8-25(2)20-28/h7-15,18-20,22,26,32,37H,16-17,21,23H2,1-6H3. The normalized spacial score (nSPS) is 16.6. The van der Waals surface area contributed by atoms with Gasteiger partial charge in [0.25, 0.3) is 0 Å². The monoisotopic (exact) mass is 566 g/mol. The van der Waals surface area contributed by atoms with Crippen LogP contribution in [-0.2, 0) is 23.8 Å². The highest BCUT2D eigenvalue weighted by Crippen LogP contribution is 2.48. The van der Waals surface area contributed by atoms with Gasteiger partial charge in [-0.2, -0.15) is 0 Å². The fourth-order valence-electron chi connectivity index (χ4n) is 5.75. The highest BCUT2D eigenvalue weighted by molar-refractivity contribution is 8.00. The highest BCUT2D eigenvalue weighted by atomic mass is 32.2. The Morgan fingerprint density at radius 2 is 1.88 bits per heavy atom. The van der Waals surface area contributed by atoms with Gasteiger partial charge >= 0.3 is 0 Å². The van der Waals surface area contributed by atoms with Crippen molar-refractivity contribution in [3.63, 3.8) is 0 Å². The van der Waals surface area contributed by atoms with Crippen LogP contribution in [0.15, 0.2) is 79.1 Å². The van der Waals surface area contributed by atoms with Crippen LogP contribution in [0.2, 0.25) is 0 Å². The molecule has 0 aliphatic heterocycles. The second-order valence-corrected chi connectivity index (χ2v) is 13.2. The third-order valence-corrected chi connectivity index (χ3v) is 9.57. The highest BCUT2D eigenvalue weighted by Gasteiger charge is 2.34. The topological polar surface area (TPSA) is 50.2 Å². The molecule has 1 N–H and O–H groups in total. The minimum atomic E-state index is 0.0860. The van der Waals surface area contributed by atoms with Gasteiger partial charge in [0.05, 0.1) is 6.54 Å². The van der Waals surface area contributed by atoms with Gasteiger partial charge < -0.3 is 14.2 Å². The molecule has 1 amide bonds. The van der Waals surface area contributed by atoms with Gasteiger partial charge in [-0.05, 0) is 96.5 Å². The number of amides is 1. The third kappa shape index (κ3) is 6.70. The average molecular weight is 567 g/mol. The van der Waals surface area contributed by atoms with Crippen molar-refractivity contribution in [2.24, 2.45) is 7.05 Å². The Balaban J connectivity index is 1.46. The quantitative estimate of drug-likeness (QED) is 0.206. The molecule has 0 bridgehead atoms. The molecule has 0 radical (unpaired) electrons. The van der Waals surface area contributed by atoms with E-state index in [4.69, 9.17) is 0 Å². The van der Waals surface area contributed by atoms with E-state index in [2.05, 4.69) is 111 Å². The van der Waals surface area contributed by atoms with Crippen LogP contribution in [0.5, 0.6) is 0 Å². The molecule has 0 spiro atoms. The van der Waals surface area contributed by atoms with E-state index in [-0.39, 0.29) is 22.5 Å². The van der Waals surface area contributed by atoms with Gasteiger partial charge in [0.15, 0.2) is 0 Å². The lowest BCUT2D eigenvalue weighted by molar-refractivity contribution is -0.119. The maximum Gasteiger partial charge on any atom is 0.228 e. The number of anilines is 2. The molecule has 1 aromatic heterocycles. The van der Waals surface area contributed by atoms with E-state index in [1.807, 2.05) is 22.7 Å². The maximum absolute atomic E-state index is 14.0. The average Bonchev–Trinajstić information content (AvgIpc) is 3.35. The number of carbonyl (C=O) groups excluding carboxylic acids is 1. The molecule has 6 heteroatoms. The van der Waals surface area contributed by atoms with Crippen molar-refractivity contribution in [1.82, 2.24) is 9.55 Å². The summed E-state index contributed by atoms with van der Waals surface area (Å²) in [6, 6.07) is 23.7. The lowest BCUT2D eigenvalue weighted by Crippen LogP contribution is -2.33. The molecule has 1 heterocycles. The van der Waals surface area contributed by atoms with Crippen LogP contribution in [0.4, 0.5) is 11.4 Å². The molecule has 41 heavy (non-hydrogen) atoms. The first-order valence-corrected chi connectivity index (χ1v) is 15.4. The SMILES string of the molecule is Cc1ccc(C(C)CC(=O)N(Cc2nccn2C)c2ccc3c(c2)C(SNc2cccc(C)c2)CCC3(C)C)cc1. The van der Waals surface area contributed by atoms with Crippen molar-refractivity contribution < 1.29 is 4.79 Å². The van der Waals surface area contributed by atoms with Gasteiger partial charge in [0.2, 0.25) is 5.91 Å². The van der Waals surface area contributed by atoms with Crippen molar-refractivity contribution in [3.8, 4) is 0 Å². The Kier molecular flexibility index (Phi) is 8.60. The molecule has 214 valence electrons. The maximum atomic E-state index is 14.0. The second-order valence-electron chi connectivity index (χ2n) is 12.2. The summed E-state index contributed by atoms with van der Waals surface area (Å²) in [6.07, 6.45) is 6.36. The number of fused-ring (bicyclic) bond motifs is 1. The van der Waals surface area contributed by atoms with Crippen molar-refractivity contribution in [2.45, 2.75) is 77.0 Å². The zero-order valence-corrected chi connectivity index (χ0v) is 26.0. The minimum Gasteiger partial charge on any atom is -0.337 e. The molecule has 5 nitrogen and oxygen atoms in total. The molecule has 5 rings (SSSR count). The van der Waals surface area contributed by atoms with Gasteiger partial charge in [-0.25, -0.2) is 4.98 Å². The van der Waals surface area contributed by atoms with Crippen LogP contribution in [0, 0.1) is 13.8 Å². The van der Waals surface area contributed by atoms with E-state index in [0.29, 0.717) is 13.0 Å². The molecular formula is C35H42N4OS. The number of aromatic nitrogens is 2. The molecule has 4 aromatic rings. The van der Waals surface area contributed by atoms with Crippen LogP contribution in [0.3, 0.4) is 0 Å². The molecular weight excluding hydrogens is 524 g/mol. The van der Waals surface area contributed by atoms with Gasteiger partial charge in [0.1, 0.15) is 5.82 Å². The van der Waals surface area contributed by atoms with E-state index in [0.717, 1.165) is 30.0 Å². The van der Waals surface area contributed by atoms with Crippen molar-refractivity contribution in [1.29, 1.82) is 0 Å². The number of benzene rings is 3. The number of nitrogens with zero attached hydrogens (tertiary/aromatic N) is 3. The van der Waals surface area contributed by atoms with Crippen LogP contribution < -0.4 is 9.62 Å². The Hall–Kier alpha value is -3.51. The number of nitrogens with one attached hydrogen (secondary N) is 1. The Labute approximate surface area is 249 Å². The summed E-state index contributed by atoms with van der Waals surface area (Å²) in [5, 5.41) is 0.287. The first-order valence-electron chi connectivity index (χ1n) is 14.6. The van der Waals surface area contributed by atoms with Gasteiger partial charge in [-0.1, -0.05) is 68.8 Å². The second kappa shape index (κ2) is 12.2. The number of imidazole rings is 1. The Morgan fingerprint density at radius 1 is 1.10 bits per heavy atom. The number of rotatable bonds is 9. The summed E-state index contributed by atoms with van der Waals surface area (Å²) in [4.78, 5) is 20.5. The number of carbonyl (C=O) groups is 1. The summed E-state index contributed by atoms with van der Waals surface area (Å²) in [5.74, 6) is 1.09. The van der Waals surface area contributed by atoms with E-state index >= 15 is 0 Å². The summed E-state index contributed by atoms with van der Waals surface area (Å²) < 4.78 is 5.61. The van der Waals surface area contributed by atoms with E-state index in [1.165, 1.54) is 27.8 Å². The van der Waals surface area contributed by atoms with Crippen LogP contribution >= 0.6 is 11.9 Å². The van der Waals surface area contributed by atoms with Gasteiger partial charge in [-0.3, -0.25) is 4.79 Å². The van der Waals surface area contributed by atoms with E-state index < -0.39 is 0 Å². The molecule has 2 atom stereocenters. The molecule has 2 unspecified atom stereocenters. The molecule has 0 saturated heterocycles. The van der Waals surface area contributed by atoms with Crippen molar-refractivity contribution in [2.75, 3.05) is 9.62 Å². The summed E-state index contributed by atoms with van der Waals surface area (Å²) in [7, 11) is 1.99. The first kappa shape index (κ1) is 29.0. The lowest BCUT2D eigenvalue weighted by atomic mass is 9.72. The van der Waals surface area contributed by atoms with Gasteiger partial charge in [0, 0.05) is 42.5 Å². The smallest absolute Gasteiger partial charge is 0.228 e. The zero-order chi connectivity index (χ0) is 29.1. The summed E-state index contributed by atoms with van der Waals surface area (Å²) >= 11 is 1.78. The Morgan fingerprint density at radius 3 is 2.59 bits per heavy atom. The molecule has 0 saturated carbocycles. The van der Waals surface area contributed by atoms with Crippen LogP contribution in [0.1, 0.15) is 84.8 Å². The fraction of sp³-hybridized carbons (Fsp3) is 0.371. The molecule has 0 fully saturated rings.